The Kier molecular flexibility index (Phi) is 17.3. The fourth-order valence-electron chi connectivity index (χ4n) is 13.8. The molecule has 472 valence electrons. The van der Waals surface area contributed by atoms with E-state index in [0.29, 0.717) is 22.4 Å². The van der Waals surface area contributed by atoms with Gasteiger partial charge in [0, 0.05) is 0 Å². The van der Waals surface area contributed by atoms with E-state index in [9.17, 15) is 0 Å². The number of aryl methyl sites for hydroxylation is 1. The van der Waals surface area contributed by atoms with Crippen LogP contribution in [0.15, 0.2) is 206 Å². The Hall–Kier alpha value is -10.2. The SMILES string of the molecule is Cc1ccc(-c2c3nc(c(-c4c5nc(c(-c6ccc(C(C)(C)C)cc6)c6ccc([n-]6)c(-c6ccccc6)c6nc(c(-c7ccc(C(C)(C)C)cc7)c7ccc4[n-]7)C=C6)C=C5)c4ccc([n-]4)c(-c4ccc(C(C)(C)C)cc4)c4nc(c(-c5ccccc5)c5ccc2[n-]5)C=C4)C=C3)cc1.[Zn+2].[Zn+2]. The Balaban J connectivity index is 0.00000418. The topological polar surface area (TPSA) is 108 Å². The van der Waals surface area contributed by atoms with Crippen LogP contribution in [0.4, 0.5) is 0 Å². The first kappa shape index (κ1) is 66.0. The summed E-state index contributed by atoms with van der Waals surface area (Å²) in [5.74, 6) is 0. The van der Waals surface area contributed by atoms with Gasteiger partial charge in [-0.3, -0.25) is 0 Å². The second kappa shape index (κ2) is 25.9. The molecule has 0 unspecified atom stereocenters. The molecule has 6 aromatic carbocycles. The molecule has 6 aromatic heterocycles. The van der Waals surface area contributed by atoms with Crippen molar-refractivity contribution >= 4 is 92.7 Å². The van der Waals surface area contributed by atoms with Gasteiger partial charge in [-0.25, -0.2) is 19.9 Å². The van der Waals surface area contributed by atoms with Crippen LogP contribution < -0.4 is 19.9 Å². The van der Waals surface area contributed by atoms with Gasteiger partial charge in [0.05, 0.1) is 45.6 Å². The smallest absolute Gasteiger partial charge is 0.657 e. The number of benzene rings is 6. The summed E-state index contributed by atoms with van der Waals surface area (Å²) in [4.78, 5) is 45.8. The van der Waals surface area contributed by atoms with Gasteiger partial charge in [-0.2, -0.15) is 0 Å². The molecule has 0 fully saturated rings. The predicted octanol–water partition coefficient (Wildman–Crippen LogP) is 22.0. The second-order valence-electron chi connectivity index (χ2n) is 28.8. The first-order valence-corrected chi connectivity index (χ1v) is 33.5. The standard InChI is InChI=1S/C89H72N8.2Zn/c1-53-21-23-56(24-22-53)81-67-41-37-63(90-67)79(54-17-13-11-14-18-54)64-38-42-68(91-64)82(57-25-31-60(32-26-57)87(2,3)4)72-46-50-76(95-72)85(75-49-45-71(81)94-75)86-77-51-47-73(96-77)83(58-27-33-61(34-28-58)88(5,6)7)69-43-39-65(92-69)80(55-19-15-12-16-20-55)66-40-44-70(93-66)84(74-48-52-78(86)97-74)59-29-35-62(36-30-59)89(8,9)10;;/h11-52H,1-10H3;;/q-4;2*+2. The molecule has 0 saturated heterocycles. The van der Waals surface area contributed by atoms with Gasteiger partial charge in [0.2, 0.25) is 0 Å². The molecule has 99 heavy (non-hydrogen) atoms. The third kappa shape index (κ3) is 12.4. The minimum absolute atomic E-state index is 0. The molecule has 0 radical (unpaired) electrons. The quantitative estimate of drug-likeness (QED) is 0.145. The first-order valence-electron chi connectivity index (χ1n) is 33.5. The first-order chi connectivity index (χ1) is 46.8. The van der Waals surface area contributed by atoms with E-state index in [-0.39, 0.29) is 55.2 Å². The van der Waals surface area contributed by atoms with Crippen molar-refractivity contribution in [1.82, 2.24) is 39.9 Å². The maximum atomic E-state index is 5.84. The van der Waals surface area contributed by atoms with Gasteiger partial charge in [0.1, 0.15) is 0 Å². The summed E-state index contributed by atoms with van der Waals surface area (Å²) in [6.07, 6.45) is 17.1. The van der Waals surface area contributed by atoms with Crippen LogP contribution in [-0.2, 0) is 55.2 Å². The Morgan fingerprint density at radius 2 is 0.394 bits per heavy atom. The summed E-state index contributed by atoms with van der Waals surface area (Å²) in [6.45, 7) is 22.4. The van der Waals surface area contributed by atoms with Gasteiger partial charge in [0.25, 0.3) is 0 Å². The van der Waals surface area contributed by atoms with Crippen LogP contribution in [0.5, 0.6) is 0 Å². The zero-order valence-electron chi connectivity index (χ0n) is 57.7. The maximum absolute atomic E-state index is 5.84. The molecule has 0 aliphatic carbocycles. The van der Waals surface area contributed by atoms with E-state index < -0.39 is 0 Å². The number of nitrogens with zero attached hydrogens (tertiary/aromatic N) is 8. The van der Waals surface area contributed by atoms with E-state index in [0.717, 1.165) is 151 Å². The number of hydrogen-bond donors (Lipinski definition) is 0. The molecule has 12 aromatic rings. The molecule has 0 saturated carbocycles. The van der Waals surface area contributed by atoms with Crippen molar-refractivity contribution in [3.05, 3.63) is 274 Å². The largest absolute Gasteiger partial charge is 2.00 e. The Bertz CT molecular complexity index is 5590. The second-order valence-corrected chi connectivity index (χ2v) is 28.8. The van der Waals surface area contributed by atoms with Gasteiger partial charge < -0.3 is 19.9 Å². The normalized spacial score (nSPS) is 12.6. The summed E-state index contributed by atoms with van der Waals surface area (Å²) in [5.41, 5.74) is 29.8. The van der Waals surface area contributed by atoms with Gasteiger partial charge >= 0.3 is 39.0 Å². The molecule has 0 spiro atoms. The van der Waals surface area contributed by atoms with E-state index in [1.807, 2.05) is 6.07 Å². The number of rotatable bonds is 7. The summed E-state index contributed by atoms with van der Waals surface area (Å²) in [6, 6.07) is 73.4. The zero-order chi connectivity index (χ0) is 66.5. The molecular formula is C89H72N8Zn2. The van der Waals surface area contributed by atoms with E-state index in [1.54, 1.807) is 0 Å². The van der Waals surface area contributed by atoms with E-state index in [1.165, 1.54) is 16.7 Å². The van der Waals surface area contributed by atoms with Crippen LogP contribution in [0, 0.1) is 6.92 Å². The van der Waals surface area contributed by atoms with Gasteiger partial charge in [-0.1, -0.05) is 274 Å². The Morgan fingerprint density at radius 3 is 0.606 bits per heavy atom. The maximum Gasteiger partial charge on any atom is 2.00 e. The van der Waals surface area contributed by atoms with Gasteiger partial charge in [-0.15, -0.1) is 44.1 Å². The van der Waals surface area contributed by atoms with Crippen molar-refractivity contribution in [2.24, 2.45) is 0 Å². The van der Waals surface area contributed by atoms with Crippen LogP contribution in [0.2, 0.25) is 0 Å². The van der Waals surface area contributed by atoms with Crippen molar-refractivity contribution < 1.29 is 39.0 Å². The average molecular weight is 1380 g/mol. The fraction of sp³-hybridized carbons (Fsp3) is 0.146. The third-order valence-corrected chi connectivity index (χ3v) is 19.1. The van der Waals surface area contributed by atoms with Crippen molar-refractivity contribution in [2.75, 3.05) is 0 Å². The summed E-state index contributed by atoms with van der Waals surface area (Å²) in [5, 5.41) is 0. The molecular weight excluding hydrogens is 1310 g/mol. The van der Waals surface area contributed by atoms with Gasteiger partial charge in [0.15, 0.2) is 0 Å². The summed E-state index contributed by atoms with van der Waals surface area (Å²) in [7, 11) is 0. The van der Waals surface area contributed by atoms with E-state index in [4.69, 9.17) is 39.9 Å². The van der Waals surface area contributed by atoms with E-state index in [2.05, 4.69) is 318 Å². The number of aromatic nitrogens is 8. The summed E-state index contributed by atoms with van der Waals surface area (Å²) < 4.78 is 0. The van der Waals surface area contributed by atoms with Crippen molar-refractivity contribution in [3.63, 3.8) is 0 Å². The molecule has 4 aliphatic heterocycles. The molecule has 16 rings (SSSR count). The van der Waals surface area contributed by atoms with Crippen molar-refractivity contribution in [1.29, 1.82) is 0 Å². The number of fused-ring (bicyclic) bond motifs is 16. The molecule has 16 bridgehead atoms. The van der Waals surface area contributed by atoms with Crippen LogP contribution in [0.25, 0.3) is 171 Å². The molecule has 10 heterocycles. The monoisotopic (exact) mass is 1380 g/mol. The molecule has 4 aliphatic rings. The van der Waals surface area contributed by atoms with Crippen LogP contribution in [0.3, 0.4) is 0 Å². The zero-order valence-corrected chi connectivity index (χ0v) is 63.7. The third-order valence-electron chi connectivity index (χ3n) is 19.1. The van der Waals surface area contributed by atoms with Crippen LogP contribution >= 0.6 is 0 Å². The van der Waals surface area contributed by atoms with Gasteiger partial charge in [-0.05, 0) is 166 Å². The molecule has 10 heteroatoms. The minimum Gasteiger partial charge on any atom is -0.657 e. The van der Waals surface area contributed by atoms with Crippen molar-refractivity contribution in [2.45, 2.75) is 85.5 Å². The summed E-state index contributed by atoms with van der Waals surface area (Å²) >= 11 is 0. The average Bonchev–Trinajstić information content (AvgIpc) is 1.61. The minimum atomic E-state index is -0.0660. The molecule has 0 atom stereocenters. The van der Waals surface area contributed by atoms with Crippen LogP contribution in [0.1, 0.15) is 130 Å². The molecule has 0 amide bonds. The fourth-order valence-corrected chi connectivity index (χ4v) is 13.8. The van der Waals surface area contributed by atoms with E-state index >= 15 is 0 Å². The molecule has 0 N–H and O–H groups in total. The van der Waals surface area contributed by atoms with Crippen molar-refractivity contribution in [3.8, 4) is 77.9 Å². The van der Waals surface area contributed by atoms with Crippen LogP contribution in [-0.4, -0.2) is 19.9 Å². The Labute approximate surface area is 604 Å². The number of hydrogen-bond acceptors (Lipinski definition) is 4. The predicted molar refractivity (Wildman–Crippen MR) is 406 cm³/mol. The Morgan fingerprint density at radius 1 is 0.212 bits per heavy atom. The molecule has 8 nitrogen and oxygen atoms in total.